The monoisotopic (exact) mass is 286 g/mol. The van der Waals surface area contributed by atoms with Crippen molar-refractivity contribution >= 4 is 16.5 Å². The van der Waals surface area contributed by atoms with Crippen molar-refractivity contribution < 1.29 is 17.9 Å². The molecule has 0 unspecified atom stereocenters. The number of thiazole rings is 1. The summed E-state index contributed by atoms with van der Waals surface area (Å²) in [4.78, 5) is 5.27. The van der Waals surface area contributed by atoms with Crippen molar-refractivity contribution in [1.29, 1.82) is 0 Å². The largest absolute Gasteiger partial charge is 0.484 e. The van der Waals surface area contributed by atoms with Crippen LogP contribution >= 0.6 is 11.3 Å². The average Bonchev–Trinajstić information content (AvgIpc) is 2.80. The molecule has 7 heteroatoms. The fourth-order valence-electron chi connectivity index (χ4n) is 2.08. The zero-order chi connectivity index (χ0) is 13.6. The average molecular weight is 286 g/mol. The van der Waals surface area contributed by atoms with Crippen molar-refractivity contribution in [3.63, 3.8) is 0 Å². The van der Waals surface area contributed by atoms with Crippen LogP contribution in [-0.4, -0.2) is 17.8 Å². The molecule has 1 aliphatic carbocycles. The Kier molecular flexibility index (Phi) is 2.67. The van der Waals surface area contributed by atoms with E-state index >= 15 is 0 Å². The highest BCUT2D eigenvalue weighted by molar-refractivity contribution is 7.15. The van der Waals surface area contributed by atoms with Gasteiger partial charge in [-0.05, 0) is 23.8 Å². The van der Waals surface area contributed by atoms with Crippen LogP contribution in [0.5, 0.6) is 5.75 Å². The molecule has 0 fully saturated rings. The highest BCUT2D eigenvalue weighted by Crippen LogP contribution is 2.41. The molecule has 2 N–H and O–H groups in total. The number of hydrogen-bond acceptors (Lipinski definition) is 4. The van der Waals surface area contributed by atoms with Crippen LogP contribution in [-0.2, 0) is 6.42 Å². The lowest BCUT2D eigenvalue weighted by atomic mass is 10.1. The van der Waals surface area contributed by atoms with Gasteiger partial charge in [0.05, 0.1) is 5.69 Å². The van der Waals surface area contributed by atoms with E-state index < -0.39 is 12.8 Å². The van der Waals surface area contributed by atoms with Gasteiger partial charge in [0.15, 0.2) is 11.7 Å². The minimum Gasteiger partial charge on any atom is -0.484 e. The van der Waals surface area contributed by atoms with Crippen LogP contribution in [0, 0.1) is 0 Å². The summed E-state index contributed by atoms with van der Waals surface area (Å²) in [6.45, 7) is -1.28. The quantitative estimate of drug-likeness (QED) is 0.786. The van der Waals surface area contributed by atoms with E-state index in [9.17, 15) is 13.2 Å². The standard InChI is InChI=1S/C12H9F3N2OS/c13-12(14,15)5-18-7-1-2-8-6(3-7)4-9-10(8)17-11(16)19-9/h1-3H,4-5H2,(H2,16,17). The van der Waals surface area contributed by atoms with Crippen LogP contribution in [0.1, 0.15) is 10.4 Å². The van der Waals surface area contributed by atoms with Crippen molar-refractivity contribution in [2.45, 2.75) is 12.6 Å². The van der Waals surface area contributed by atoms with Crippen LogP contribution in [0.2, 0.25) is 0 Å². The summed E-state index contributed by atoms with van der Waals surface area (Å²) in [5.74, 6) is 0.221. The van der Waals surface area contributed by atoms with E-state index in [0.29, 0.717) is 11.6 Å². The molecule has 1 heterocycles. The molecule has 1 aromatic heterocycles. The van der Waals surface area contributed by atoms with Crippen molar-refractivity contribution in [2.24, 2.45) is 0 Å². The molecule has 0 aliphatic heterocycles. The number of hydrogen-bond donors (Lipinski definition) is 1. The molecule has 0 saturated carbocycles. The second-order valence-electron chi connectivity index (χ2n) is 4.22. The minimum absolute atomic E-state index is 0.221. The molecule has 100 valence electrons. The van der Waals surface area contributed by atoms with Gasteiger partial charge in [-0.2, -0.15) is 13.2 Å². The van der Waals surface area contributed by atoms with E-state index in [4.69, 9.17) is 10.5 Å². The fourth-order valence-corrected chi connectivity index (χ4v) is 2.94. The second-order valence-corrected chi connectivity index (χ2v) is 5.34. The van der Waals surface area contributed by atoms with E-state index in [1.807, 2.05) is 0 Å². The lowest BCUT2D eigenvalue weighted by molar-refractivity contribution is -0.153. The zero-order valence-electron chi connectivity index (χ0n) is 9.62. The van der Waals surface area contributed by atoms with Gasteiger partial charge < -0.3 is 10.5 Å². The zero-order valence-corrected chi connectivity index (χ0v) is 10.4. The first kappa shape index (κ1) is 12.3. The van der Waals surface area contributed by atoms with Crippen LogP contribution in [0.4, 0.5) is 18.3 Å². The number of anilines is 1. The van der Waals surface area contributed by atoms with Gasteiger partial charge in [-0.25, -0.2) is 4.98 Å². The summed E-state index contributed by atoms with van der Waals surface area (Å²) in [6, 6.07) is 4.88. The Labute approximate surface area is 110 Å². The lowest BCUT2D eigenvalue weighted by Crippen LogP contribution is -2.19. The Morgan fingerprint density at radius 2 is 2.16 bits per heavy atom. The van der Waals surface area contributed by atoms with E-state index in [1.54, 1.807) is 12.1 Å². The number of aromatic nitrogens is 1. The molecule has 19 heavy (non-hydrogen) atoms. The molecule has 0 amide bonds. The predicted molar refractivity (Wildman–Crippen MR) is 66.3 cm³/mol. The van der Waals surface area contributed by atoms with Crippen molar-refractivity contribution in [3.8, 4) is 17.0 Å². The predicted octanol–water partition coefficient (Wildman–Crippen LogP) is 3.24. The molecule has 1 aromatic carbocycles. The molecular formula is C12H9F3N2OS. The van der Waals surface area contributed by atoms with E-state index in [1.165, 1.54) is 17.4 Å². The van der Waals surface area contributed by atoms with Gasteiger partial charge in [-0.15, -0.1) is 11.3 Å². The molecule has 0 spiro atoms. The number of ether oxygens (including phenoxy) is 1. The first-order valence-corrected chi connectivity index (χ1v) is 6.32. The van der Waals surface area contributed by atoms with Crippen LogP contribution < -0.4 is 10.5 Å². The number of nitrogens with zero attached hydrogens (tertiary/aromatic N) is 1. The molecule has 0 bridgehead atoms. The van der Waals surface area contributed by atoms with Gasteiger partial charge >= 0.3 is 6.18 Å². The van der Waals surface area contributed by atoms with Gasteiger partial charge in [0.2, 0.25) is 0 Å². The molecule has 2 aromatic rings. The third kappa shape index (κ3) is 2.37. The third-order valence-electron chi connectivity index (χ3n) is 2.80. The summed E-state index contributed by atoms with van der Waals surface area (Å²) >= 11 is 1.40. The highest BCUT2D eigenvalue weighted by Gasteiger charge is 2.29. The van der Waals surface area contributed by atoms with Gasteiger partial charge in [0, 0.05) is 16.9 Å². The number of alkyl halides is 3. The summed E-state index contributed by atoms with van der Waals surface area (Å²) in [6.07, 6.45) is -3.68. The molecule has 1 aliphatic rings. The molecule has 0 radical (unpaired) electrons. The maximum absolute atomic E-state index is 12.1. The second kappa shape index (κ2) is 4.12. The van der Waals surface area contributed by atoms with Gasteiger partial charge in [0.1, 0.15) is 5.75 Å². The number of halogens is 3. The van der Waals surface area contributed by atoms with Gasteiger partial charge in [-0.1, -0.05) is 0 Å². The Morgan fingerprint density at radius 3 is 2.89 bits per heavy atom. The maximum Gasteiger partial charge on any atom is 0.422 e. The third-order valence-corrected chi connectivity index (χ3v) is 3.68. The van der Waals surface area contributed by atoms with E-state index in [0.717, 1.165) is 21.7 Å². The Hall–Kier alpha value is -1.76. The summed E-state index contributed by atoms with van der Waals surface area (Å²) in [5, 5.41) is 0.507. The smallest absolute Gasteiger partial charge is 0.422 e. The molecular weight excluding hydrogens is 277 g/mol. The number of nitrogen functional groups attached to an aromatic ring is 1. The lowest BCUT2D eigenvalue weighted by Gasteiger charge is -2.10. The van der Waals surface area contributed by atoms with E-state index in [2.05, 4.69) is 4.98 Å². The van der Waals surface area contributed by atoms with Crippen LogP contribution in [0.3, 0.4) is 0 Å². The maximum atomic E-state index is 12.1. The molecule has 3 rings (SSSR count). The SMILES string of the molecule is Nc1nc2c(s1)Cc1cc(OCC(F)(F)F)ccc1-2. The number of rotatable bonds is 2. The normalized spacial score (nSPS) is 13.2. The Bertz CT molecular complexity index is 636. The van der Waals surface area contributed by atoms with Crippen molar-refractivity contribution in [3.05, 3.63) is 28.6 Å². The van der Waals surface area contributed by atoms with Crippen LogP contribution in [0.15, 0.2) is 18.2 Å². The Balaban J connectivity index is 1.84. The summed E-state index contributed by atoms with van der Waals surface area (Å²) in [5.41, 5.74) is 8.31. The van der Waals surface area contributed by atoms with Gasteiger partial charge in [-0.3, -0.25) is 0 Å². The first-order chi connectivity index (χ1) is 8.92. The highest BCUT2D eigenvalue weighted by atomic mass is 32.1. The Morgan fingerprint density at radius 1 is 1.37 bits per heavy atom. The first-order valence-electron chi connectivity index (χ1n) is 5.50. The van der Waals surface area contributed by atoms with Crippen LogP contribution in [0.25, 0.3) is 11.3 Å². The summed E-state index contributed by atoms with van der Waals surface area (Å²) in [7, 11) is 0. The topological polar surface area (TPSA) is 48.1 Å². The molecule has 0 saturated heterocycles. The fraction of sp³-hybridized carbons (Fsp3) is 0.250. The number of nitrogens with two attached hydrogens (primary N) is 1. The van der Waals surface area contributed by atoms with E-state index in [-0.39, 0.29) is 5.75 Å². The number of benzene rings is 1. The van der Waals surface area contributed by atoms with Crippen molar-refractivity contribution in [2.75, 3.05) is 12.3 Å². The number of fused-ring (bicyclic) bond motifs is 3. The van der Waals surface area contributed by atoms with Gasteiger partial charge in [0.25, 0.3) is 0 Å². The van der Waals surface area contributed by atoms with Crippen molar-refractivity contribution in [1.82, 2.24) is 4.98 Å². The molecule has 0 atom stereocenters. The molecule has 3 nitrogen and oxygen atoms in total. The minimum atomic E-state index is -4.33. The summed E-state index contributed by atoms with van der Waals surface area (Å²) < 4.78 is 41.0.